The van der Waals surface area contributed by atoms with E-state index in [2.05, 4.69) is 0 Å². The van der Waals surface area contributed by atoms with Crippen LogP contribution in [0.1, 0.15) is 24.2 Å². The van der Waals surface area contributed by atoms with Crippen LogP contribution >= 0.6 is 0 Å². The second-order valence-corrected chi connectivity index (χ2v) is 3.21. The van der Waals surface area contributed by atoms with Crippen molar-refractivity contribution in [3.8, 4) is 0 Å². The van der Waals surface area contributed by atoms with Gasteiger partial charge in [-0.1, -0.05) is 49.8 Å². The average molecular weight is 170 g/mol. The van der Waals surface area contributed by atoms with Crippen LogP contribution in [0.2, 0.25) is 0 Å². The van der Waals surface area contributed by atoms with Crippen LogP contribution in [0.5, 0.6) is 0 Å². The van der Waals surface area contributed by atoms with Gasteiger partial charge in [0.05, 0.1) is 0 Å². The standard InChI is InChI=1S/C10H11O2.Li/c1-10(2,12)9(11)8-6-4-3-5-7-8;/h3-7H,1-2H3;/q-1;+1. The summed E-state index contributed by atoms with van der Waals surface area (Å²) in [4.78, 5) is 11.4. The molecule has 0 aliphatic carbocycles. The van der Waals surface area contributed by atoms with Crippen molar-refractivity contribution in [3.63, 3.8) is 0 Å². The SMILES string of the molecule is CC(C)([O-])C(=O)c1ccccc1.[Li+]. The second-order valence-electron chi connectivity index (χ2n) is 3.21. The summed E-state index contributed by atoms with van der Waals surface area (Å²) >= 11 is 0. The summed E-state index contributed by atoms with van der Waals surface area (Å²) in [5.41, 5.74) is -1.04. The average Bonchev–Trinajstić information content (AvgIpc) is 2.03. The monoisotopic (exact) mass is 170 g/mol. The molecule has 0 aromatic heterocycles. The number of hydrogen-bond acceptors (Lipinski definition) is 2. The molecule has 0 amide bonds. The van der Waals surface area contributed by atoms with Gasteiger partial charge in [-0.15, -0.1) is 0 Å². The van der Waals surface area contributed by atoms with Gasteiger partial charge < -0.3 is 5.11 Å². The molecule has 1 rings (SSSR count). The molecule has 3 heteroatoms. The van der Waals surface area contributed by atoms with Crippen LogP contribution < -0.4 is 24.0 Å². The molecule has 2 nitrogen and oxygen atoms in total. The Morgan fingerprint density at radius 3 is 2.08 bits per heavy atom. The Kier molecular flexibility index (Phi) is 4.42. The van der Waals surface area contributed by atoms with E-state index < -0.39 is 5.60 Å². The zero-order valence-corrected chi connectivity index (χ0v) is 8.20. The second kappa shape index (κ2) is 4.62. The summed E-state index contributed by atoms with van der Waals surface area (Å²) in [6.07, 6.45) is 0. The predicted octanol–water partition coefficient (Wildman–Crippen LogP) is -1.99. The van der Waals surface area contributed by atoms with Crippen molar-refractivity contribution in [2.45, 2.75) is 19.4 Å². The van der Waals surface area contributed by atoms with Crippen LogP contribution in [0.15, 0.2) is 30.3 Å². The first-order valence-electron chi connectivity index (χ1n) is 3.82. The van der Waals surface area contributed by atoms with E-state index in [1.807, 2.05) is 6.07 Å². The van der Waals surface area contributed by atoms with E-state index >= 15 is 0 Å². The topological polar surface area (TPSA) is 40.1 Å². The van der Waals surface area contributed by atoms with Gasteiger partial charge in [0.25, 0.3) is 0 Å². The number of carbonyl (C=O) groups is 1. The molecule has 0 unspecified atom stereocenters. The summed E-state index contributed by atoms with van der Waals surface area (Å²) in [7, 11) is 0. The molecule has 0 heterocycles. The van der Waals surface area contributed by atoms with Crippen molar-refractivity contribution in [2.24, 2.45) is 0 Å². The molecule has 0 atom stereocenters. The molecular weight excluding hydrogens is 159 g/mol. The molecule has 0 saturated heterocycles. The van der Waals surface area contributed by atoms with Crippen molar-refractivity contribution >= 4 is 5.78 Å². The Morgan fingerprint density at radius 1 is 1.23 bits per heavy atom. The quantitative estimate of drug-likeness (QED) is 0.381. The van der Waals surface area contributed by atoms with E-state index in [-0.39, 0.29) is 24.6 Å². The summed E-state index contributed by atoms with van der Waals surface area (Å²) in [5.74, 6) is -0.358. The third-order valence-electron chi connectivity index (χ3n) is 1.58. The van der Waals surface area contributed by atoms with Gasteiger partial charge in [-0.3, -0.25) is 4.79 Å². The first-order valence-corrected chi connectivity index (χ1v) is 3.82. The molecule has 0 aliphatic heterocycles. The Balaban J connectivity index is 0.00000144. The number of ketones is 1. The Labute approximate surface area is 90.1 Å². The molecule has 0 radical (unpaired) electrons. The van der Waals surface area contributed by atoms with Crippen molar-refractivity contribution in [1.82, 2.24) is 0 Å². The van der Waals surface area contributed by atoms with E-state index in [0.717, 1.165) is 0 Å². The van der Waals surface area contributed by atoms with Crippen molar-refractivity contribution < 1.29 is 28.8 Å². The Morgan fingerprint density at radius 2 is 1.69 bits per heavy atom. The first kappa shape index (κ1) is 12.4. The molecule has 0 bridgehead atoms. The maximum atomic E-state index is 11.4. The first-order chi connectivity index (χ1) is 5.52. The van der Waals surface area contributed by atoms with Gasteiger partial charge in [0, 0.05) is 5.56 Å². The minimum absolute atomic E-state index is 0. The summed E-state index contributed by atoms with van der Waals surface area (Å²) in [6, 6.07) is 8.62. The predicted molar refractivity (Wildman–Crippen MR) is 44.9 cm³/mol. The number of benzene rings is 1. The molecular formula is C10H11LiO2. The number of carbonyl (C=O) groups excluding carboxylic acids is 1. The number of rotatable bonds is 2. The van der Waals surface area contributed by atoms with Gasteiger partial charge in [0.15, 0.2) is 5.78 Å². The summed E-state index contributed by atoms with van der Waals surface area (Å²) < 4.78 is 0. The normalized spacial score (nSPS) is 10.4. The van der Waals surface area contributed by atoms with E-state index in [1.165, 1.54) is 13.8 Å². The largest absolute Gasteiger partial charge is 1.00 e. The van der Waals surface area contributed by atoms with Crippen LogP contribution in [0, 0.1) is 0 Å². The Hall–Kier alpha value is -0.553. The van der Waals surface area contributed by atoms with Crippen LogP contribution in [-0.2, 0) is 0 Å². The Bertz CT molecular complexity index is 275. The maximum Gasteiger partial charge on any atom is 1.00 e. The van der Waals surface area contributed by atoms with Crippen LogP contribution in [-0.4, -0.2) is 11.4 Å². The molecule has 0 spiro atoms. The smallest absolute Gasteiger partial charge is 0.844 e. The van der Waals surface area contributed by atoms with Gasteiger partial charge in [0.1, 0.15) is 0 Å². The van der Waals surface area contributed by atoms with E-state index in [1.54, 1.807) is 24.3 Å². The number of Topliss-reactive ketones (excluding diaryl/α,β-unsaturated/α-hetero) is 1. The van der Waals surface area contributed by atoms with Crippen molar-refractivity contribution in [3.05, 3.63) is 35.9 Å². The molecule has 64 valence electrons. The minimum atomic E-state index is -1.53. The summed E-state index contributed by atoms with van der Waals surface area (Å²) in [6.45, 7) is 2.75. The zero-order chi connectivity index (χ0) is 9.19. The van der Waals surface area contributed by atoms with Crippen LogP contribution in [0.3, 0.4) is 0 Å². The van der Waals surface area contributed by atoms with Crippen LogP contribution in [0.4, 0.5) is 0 Å². The van der Waals surface area contributed by atoms with E-state index in [9.17, 15) is 9.90 Å². The van der Waals surface area contributed by atoms with Gasteiger partial charge in [-0.25, -0.2) is 0 Å². The van der Waals surface area contributed by atoms with Gasteiger partial charge in [-0.05, 0) is 0 Å². The molecule has 1 aromatic rings. The molecule has 0 fully saturated rings. The minimum Gasteiger partial charge on any atom is -0.844 e. The molecule has 1 aromatic carbocycles. The fraction of sp³-hybridized carbons (Fsp3) is 0.300. The summed E-state index contributed by atoms with van der Waals surface area (Å²) in [5, 5.41) is 11.3. The van der Waals surface area contributed by atoms with E-state index in [0.29, 0.717) is 5.56 Å². The third-order valence-corrected chi connectivity index (χ3v) is 1.58. The van der Waals surface area contributed by atoms with E-state index in [4.69, 9.17) is 0 Å². The van der Waals surface area contributed by atoms with Crippen LogP contribution in [0.25, 0.3) is 0 Å². The molecule has 13 heavy (non-hydrogen) atoms. The fourth-order valence-corrected chi connectivity index (χ4v) is 0.937. The van der Waals surface area contributed by atoms with Gasteiger partial charge in [-0.2, -0.15) is 0 Å². The molecule has 0 N–H and O–H groups in total. The molecule has 0 aliphatic rings. The van der Waals surface area contributed by atoms with Gasteiger partial charge >= 0.3 is 18.9 Å². The molecule has 0 saturated carbocycles. The van der Waals surface area contributed by atoms with Crippen molar-refractivity contribution in [1.29, 1.82) is 0 Å². The van der Waals surface area contributed by atoms with Crippen molar-refractivity contribution in [2.75, 3.05) is 0 Å². The maximum absolute atomic E-state index is 11.4. The zero-order valence-electron chi connectivity index (χ0n) is 8.20. The third kappa shape index (κ3) is 3.36. The fourth-order valence-electron chi connectivity index (χ4n) is 0.937. The number of hydrogen-bond donors (Lipinski definition) is 0. The van der Waals surface area contributed by atoms with Gasteiger partial charge in [0.2, 0.25) is 0 Å².